The summed E-state index contributed by atoms with van der Waals surface area (Å²) in [6.07, 6.45) is 5.46. The summed E-state index contributed by atoms with van der Waals surface area (Å²) < 4.78 is 11.5. The Morgan fingerprint density at radius 2 is 2.34 bits per heavy atom. The van der Waals surface area contributed by atoms with Gasteiger partial charge in [0.2, 0.25) is 0 Å². The molecule has 4 atom stereocenters. The van der Waals surface area contributed by atoms with E-state index in [0.29, 0.717) is 29.6 Å². The maximum Gasteiger partial charge on any atom is 0.273 e. The molecule has 1 spiro atoms. The number of carbonyl (C=O) groups excluding carboxylic acids is 1. The van der Waals surface area contributed by atoms with Crippen molar-refractivity contribution in [2.45, 2.75) is 31.5 Å². The Labute approximate surface area is 166 Å². The van der Waals surface area contributed by atoms with Gasteiger partial charge in [0.25, 0.3) is 5.91 Å². The van der Waals surface area contributed by atoms with Crippen LogP contribution < -0.4 is 10.2 Å². The molecule has 3 aromatic rings. The Balaban J connectivity index is 1.22. The van der Waals surface area contributed by atoms with Gasteiger partial charge in [0.1, 0.15) is 17.6 Å². The average Bonchev–Trinajstić information content (AvgIpc) is 3.50. The number of carbonyl (C=O) groups is 1. The van der Waals surface area contributed by atoms with Crippen LogP contribution in [-0.4, -0.2) is 62.3 Å². The standard InChI is InChI=1S/C19H21N7O3/c1-10-4-13(25-29-10)18(27)20-5-11-12-6-26(7-19(12)3-2-14(11)28-19)17-15-16(22-8-21-15)23-9-24-17/h4,8-9,11-12,14H,2-3,5-7H2,1H3,(H,20,27)(H,21,22,23,24)/t11-,12+,14+,19+/m0/s1. The second-order valence-corrected chi connectivity index (χ2v) is 8.24. The molecule has 10 nitrogen and oxygen atoms in total. The lowest BCUT2D eigenvalue weighted by atomic mass is 9.73. The molecule has 6 rings (SSSR count). The summed E-state index contributed by atoms with van der Waals surface area (Å²) in [5.41, 5.74) is 1.67. The third kappa shape index (κ3) is 2.48. The van der Waals surface area contributed by atoms with Crippen molar-refractivity contribution < 1.29 is 14.1 Å². The van der Waals surface area contributed by atoms with Gasteiger partial charge in [0.15, 0.2) is 17.2 Å². The lowest BCUT2D eigenvalue weighted by Gasteiger charge is -2.29. The fourth-order valence-electron chi connectivity index (χ4n) is 5.39. The van der Waals surface area contributed by atoms with Crippen molar-refractivity contribution >= 4 is 22.9 Å². The highest BCUT2D eigenvalue weighted by Crippen LogP contribution is 2.55. The van der Waals surface area contributed by atoms with Gasteiger partial charge in [-0.15, -0.1) is 0 Å². The van der Waals surface area contributed by atoms with E-state index < -0.39 is 0 Å². The number of nitrogens with zero attached hydrogens (tertiary/aromatic N) is 5. The summed E-state index contributed by atoms with van der Waals surface area (Å²) in [6, 6.07) is 1.65. The second kappa shape index (κ2) is 5.99. The van der Waals surface area contributed by atoms with E-state index in [4.69, 9.17) is 9.26 Å². The first-order valence-electron chi connectivity index (χ1n) is 9.91. The predicted molar refractivity (Wildman–Crippen MR) is 101 cm³/mol. The fraction of sp³-hybridized carbons (Fsp3) is 0.526. The van der Waals surface area contributed by atoms with Gasteiger partial charge in [0.05, 0.1) is 18.0 Å². The van der Waals surface area contributed by atoms with Gasteiger partial charge in [-0.25, -0.2) is 15.0 Å². The summed E-state index contributed by atoms with van der Waals surface area (Å²) in [6.45, 7) is 3.98. The number of amides is 1. The number of aromatic nitrogens is 5. The Kier molecular flexibility index (Phi) is 3.49. The minimum absolute atomic E-state index is 0.165. The molecule has 3 aliphatic rings. The summed E-state index contributed by atoms with van der Waals surface area (Å²) in [5.74, 6) is 1.89. The summed E-state index contributed by atoms with van der Waals surface area (Å²) in [5, 5.41) is 6.83. The lowest BCUT2D eigenvalue weighted by molar-refractivity contribution is 0.0141. The summed E-state index contributed by atoms with van der Waals surface area (Å²) in [7, 11) is 0. The fourth-order valence-corrected chi connectivity index (χ4v) is 5.39. The molecule has 2 bridgehead atoms. The first-order valence-corrected chi connectivity index (χ1v) is 9.91. The summed E-state index contributed by atoms with van der Waals surface area (Å²) >= 11 is 0. The van der Waals surface area contributed by atoms with Crippen LogP contribution >= 0.6 is 0 Å². The Morgan fingerprint density at radius 1 is 1.41 bits per heavy atom. The van der Waals surface area contributed by atoms with Gasteiger partial charge in [0, 0.05) is 37.5 Å². The average molecular weight is 395 g/mol. The number of anilines is 1. The number of hydrogen-bond acceptors (Lipinski definition) is 8. The van der Waals surface area contributed by atoms with Gasteiger partial charge in [-0.1, -0.05) is 5.16 Å². The molecular weight excluding hydrogens is 374 g/mol. The van der Waals surface area contributed by atoms with E-state index in [-0.39, 0.29) is 23.5 Å². The molecule has 150 valence electrons. The highest BCUT2D eigenvalue weighted by atomic mass is 16.5. The van der Waals surface area contributed by atoms with Crippen molar-refractivity contribution in [1.29, 1.82) is 0 Å². The van der Waals surface area contributed by atoms with Crippen molar-refractivity contribution in [1.82, 2.24) is 30.4 Å². The quantitative estimate of drug-likeness (QED) is 0.673. The molecule has 3 aliphatic heterocycles. The maximum atomic E-state index is 12.4. The van der Waals surface area contributed by atoms with Crippen LogP contribution in [-0.2, 0) is 4.74 Å². The number of H-pyrrole nitrogens is 1. The topological polar surface area (TPSA) is 122 Å². The third-order valence-electron chi connectivity index (χ3n) is 6.65. The zero-order valence-corrected chi connectivity index (χ0v) is 16.0. The monoisotopic (exact) mass is 395 g/mol. The van der Waals surface area contributed by atoms with Gasteiger partial charge in [-0.2, -0.15) is 0 Å². The van der Waals surface area contributed by atoms with E-state index in [1.54, 1.807) is 25.6 Å². The molecule has 3 saturated heterocycles. The van der Waals surface area contributed by atoms with E-state index >= 15 is 0 Å². The molecule has 29 heavy (non-hydrogen) atoms. The second-order valence-electron chi connectivity index (χ2n) is 8.24. The highest BCUT2D eigenvalue weighted by Gasteiger charge is 2.63. The van der Waals surface area contributed by atoms with E-state index in [9.17, 15) is 4.79 Å². The highest BCUT2D eigenvalue weighted by molar-refractivity contribution is 5.92. The molecule has 0 aliphatic carbocycles. The number of aryl methyl sites for hydroxylation is 1. The number of hydrogen-bond donors (Lipinski definition) is 2. The van der Waals surface area contributed by atoms with Crippen LogP contribution in [0.3, 0.4) is 0 Å². The SMILES string of the molecule is Cc1cc(C(=O)NC[C@H]2[C@H]3CN(c4ncnc5nc[nH]c45)C[C@]34CC[C@H]2O4)no1. The van der Waals surface area contributed by atoms with Crippen molar-refractivity contribution in [3.05, 3.63) is 30.2 Å². The number of rotatable bonds is 4. The Morgan fingerprint density at radius 3 is 3.21 bits per heavy atom. The van der Waals surface area contributed by atoms with Crippen LogP contribution in [0, 0.1) is 18.8 Å². The molecule has 3 aromatic heterocycles. The minimum Gasteiger partial charge on any atom is -0.369 e. The zero-order chi connectivity index (χ0) is 19.6. The molecule has 2 N–H and O–H groups in total. The lowest BCUT2D eigenvalue weighted by Crippen LogP contribution is -2.42. The van der Waals surface area contributed by atoms with Crippen LogP contribution in [0.5, 0.6) is 0 Å². The first kappa shape index (κ1) is 16.9. The van der Waals surface area contributed by atoms with Gasteiger partial charge >= 0.3 is 0 Å². The molecule has 0 radical (unpaired) electrons. The molecule has 10 heteroatoms. The molecule has 1 amide bonds. The van der Waals surface area contributed by atoms with E-state index in [0.717, 1.165) is 37.3 Å². The number of imidazole rings is 1. The molecule has 0 unspecified atom stereocenters. The molecule has 3 fully saturated rings. The third-order valence-corrected chi connectivity index (χ3v) is 6.65. The molecule has 0 aromatic carbocycles. The van der Waals surface area contributed by atoms with Gasteiger partial charge in [-0.3, -0.25) is 4.79 Å². The number of fused-ring (bicyclic) bond motifs is 2. The number of aromatic amines is 1. The van der Waals surface area contributed by atoms with Gasteiger partial charge < -0.3 is 24.5 Å². The zero-order valence-electron chi connectivity index (χ0n) is 16.0. The van der Waals surface area contributed by atoms with Crippen molar-refractivity contribution in [2.24, 2.45) is 11.8 Å². The molecule has 6 heterocycles. The smallest absolute Gasteiger partial charge is 0.273 e. The number of ether oxygens (including phenoxy) is 1. The minimum atomic E-state index is -0.205. The van der Waals surface area contributed by atoms with Gasteiger partial charge in [-0.05, 0) is 19.8 Å². The van der Waals surface area contributed by atoms with Crippen LogP contribution in [0.4, 0.5) is 5.82 Å². The van der Waals surface area contributed by atoms with E-state index in [1.807, 2.05) is 0 Å². The van der Waals surface area contributed by atoms with Crippen molar-refractivity contribution in [3.8, 4) is 0 Å². The van der Waals surface area contributed by atoms with E-state index in [2.05, 4.69) is 35.3 Å². The molecular formula is C19H21N7O3. The Hall–Kier alpha value is -3.01. The van der Waals surface area contributed by atoms with Crippen LogP contribution in [0.25, 0.3) is 11.2 Å². The van der Waals surface area contributed by atoms with Crippen LogP contribution in [0.2, 0.25) is 0 Å². The van der Waals surface area contributed by atoms with Crippen molar-refractivity contribution in [3.63, 3.8) is 0 Å². The summed E-state index contributed by atoms with van der Waals surface area (Å²) in [4.78, 5) is 30.8. The van der Waals surface area contributed by atoms with Crippen LogP contribution in [0.15, 0.2) is 23.2 Å². The number of nitrogens with one attached hydrogen (secondary N) is 2. The largest absolute Gasteiger partial charge is 0.369 e. The Bertz CT molecular complexity index is 1090. The normalized spacial score (nSPS) is 30.2. The maximum absolute atomic E-state index is 12.4. The van der Waals surface area contributed by atoms with E-state index in [1.165, 1.54) is 0 Å². The van der Waals surface area contributed by atoms with Crippen molar-refractivity contribution in [2.75, 3.05) is 24.5 Å². The first-order chi connectivity index (χ1) is 14.1. The van der Waals surface area contributed by atoms with Crippen LogP contribution in [0.1, 0.15) is 29.1 Å². The predicted octanol–water partition coefficient (Wildman–Crippen LogP) is 1.06. The molecule has 0 saturated carbocycles.